The van der Waals surface area contributed by atoms with E-state index in [1.807, 2.05) is 0 Å². The van der Waals surface area contributed by atoms with E-state index in [0.717, 1.165) is 27.3 Å². The summed E-state index contributed by atoms with van der Waals surface area (Å²) in [5, 5.41) is 3.99. The van der Waals surface area contributed by atoms with E-state index in [1.54, 1.807) is 0 Å². The molecular formula is C16H10F3N5O. The van der Waals surface area contributed by atoms with Crippen molar-refractivity contribution in [3.8, 4) is 0 Å². The zero-order valence-corrected chi connectivity index (χ0v) is 12.6. The maximum absolute atomic E-state index is 13.8. The lowest BCUT2D eigenvalue weighted by Crippen LogP contribution is -2.23. The number of rotatable bonds is 2. The molecule has 2 heterocycles. The van der Waals surface area contributed by atoms with Gasteiger partial charge in [0.05, 0.1) is 17.6 Å². The summed E-state index contributed by atoms with van der Waals surface area (Å²) in [5.74, 6) is -2.22. The zero-order chi connectivity index (χ0) is 17.7. The first-order chi connectivity index (χ1) is 12.0. The molecule has 0 atom stereocenters. The monoisotopic (exact) mass is 345 g/mol. The first-order valence-electron chi connectivity index (χ1n) is 7.23. The molecule has 0 amide bonds. The van der Waals surface area contributed by atoms with Crippen LogP contribution in [-0.2, 0) is 6.54 Å². The van der Waals surface area contributed by atoms with Crippen LogP contribution in [0.1, 0.15) is 5.56 Å². The van der Waals surface area contributed by atoms with E-state index < -0.39 is 29.7 Å². The number of fused-ring (bicyclic) bond motifs is 3. The number of aromatic nitrogens is 4. The van der Waals surface area contributed by atoms with Gasteiger partial charge in [-0.2, -0.15) is 0 Å². The predicted molar refractivity (Wildman–Crippen MR) is 84.6 cm³/mol. The van der Waals surface area contributed by atoms with Crippen LogP contribution in [0.2, 0.25) is 0 Å². The molecule has 2 aromatic heterocycles. The smallest absolute Gasteiger partial charge is 0.351 e. The Hall–Kier alpha value is -3.36. The number of hydrogen-bond acceptors (Lipinski definition) is 4. The lowest BCUT2D eigenvalue weighted by atomic mass is 10.2. The number of hydrogen-bond donors (Lipinski definition) is 1. The highest BCUT2D eigenvalue weighted by atomic mass is 19.1. The second-order valence-electron chi connectivity index (χ2n) is 5.43. The molecule has 9 heteroatoms. The summed E-state index contributed by atoms with van der Waals surface area (Å²) in [7, 11) is 0. The normalized spacial score (nSPS) is 11.5. The molecule has 4 aromatic rings. The van der Waals surface area contributed by atoms with Gasteiger partial charge in [0.25, 0.3) is 0 Å². The van der Waals surface area contributed by atoms with Crippen molar-refractivity contribution in [2.24, 2.45) is 0 Å². The fourth-order valence-corrected chi connectivity index (χ4v) is 2.68. The van der Waals surface area contributed by atoms with Crippen molar-refractivity contribution in [1.29, 1.82) is 0 Å². The highest BCUT2D eigenvalue weighted by Crippen LogP contribution is 2.19. The van der Waals surface area contributed by atoms with Crippen LogP contribution in [0.5, 0.6) is 0 Å². The number of halogens is 3. The molecule has 0 radical (unpaired) electrons. The standard InChI is InChI=1S/C16H10F3N5O/c17-8-4-5-12-13(6-8)24-15(14(20)21-12)22-23(16(24)25)7-9-10(18)2-1-3-11(9)19/h1-6H,7H2,(H2,20,21). The summed E-state index contributed by atoms with van der Waals surface area (Å²) >= 11 is 0. The van der Waals surface area contributed by atoms with E-state index in [9.17, 15) is 18.0 Å². The number of nitrogens with two attached hydrogens (primary N) is 1. The predicted octanol–water partition coefficient (Wildman–Crippen LogP) is 2.09. The lowest BCUT2D eigenvalue weighted by molar-refractivity contribution is 0.528. The van der Waals surface area contributed by atoms with E-state index in [2.05, 4.69) is 10.1 Å². The minimum absolute atomic E-state index is 0.0140. The average molecular weight is 345 g/mol. The minimum Gasteiger partial charge on any atom is -0.381 e. The molecule has 0 aliphatic heterocycles. The molecule has 25 heavy (non-hydrogen) atoms. The highest BCUT2D eigenvalue weighted by molar-refractivity contribution is 5.81. The molecule has 2 N–H and O–H groups in total. The van der Waals surface area contributed by atoms with E-state index in [-0.39, 0.29) is 22.5 Å². The summed E-state index contributed by atoms with van der Waals surface area (Å²) < 4.78 is 43.1. The Labute approximate surface area is 137 Å². The zero-order valence-electron chi connectivity index (χ0n) is 12.6. The minimum atomic E-state index is -0.800. The second kappa shape index (κ2) is 5.33. The van der Waals surface area contributed by atoms with Crippen LogP contribution in [0.4, 0.5) is 19.0 Å². The molecular weight excluding hydrogens is 335 g/mol. The summed E-state index contributed by atoms with van der Waals surface area (Å²) in [5.41, 5.74) is 5.23. The first kappa shape index (κ1) is 15.2. The maximum atomic E-state index is 13.8. The van der Waals surface area contributed by atoms with Gasteiger partial charge in [0.1, 0.15) is 17.5 Å². The molecule has 0 spiro atoms. The number of anilines is 1. The Bertz CT molecular complexity index is 1180. The van der Waals surface area contributed by atoms with Crippen molar-refractivity contribution in [3.63, 3.8) is 0 Å². The van der Waals surface area contributed by atoms with E-state index in [0.29, 0.717) is 5.52 Å². The third kappa shape index (κ3) is 2.32. The maximum Gasteiger partial charge on any atom is 0.351 e. The molecule has 0 bridgehead atoms. The van der Waals surface area contributed by atoms with Gasteiger partial charge in [-0.1, -0.05) is 6.07 Å². The van der Waals surface area contributed by atoms with E-state index in [1.165, 1.54) is 18.2 Å². The molecule has 0 aliphatic carbocycles. The molecule has 126 valence electrons. The van der Waals surface area contributed by atoms with Crippen molar-refractivity contribution in [3.05, 3.63) is 69.9 Å². The average Bonchev–Trinajstić information content (AvgIpc) is 2.90. The Morgan fingerprint density at radius 1 is 1.08 bits per heavy atom. The molecule has 0 saturated carbocycles. The second-order valence-corrected chi connectivity index (χ2v) is 5.43. The van der Waals surface area contributed by atoms with Crippen LogP contribution in [0.25, 0.3) is 16.7 Å². The summed E-state index contributed by atoms with van der Waals surface area (Å²) in [6.07, 6.45) is 0. The van der Waals surface area contributed by atoms with Gasteiger partial charge in [-0.25, -0.2) is 32.0 Å². The van der Waals surface area contributed by atoms with Gasteiger partial charge in [-0.05, 0) is 24.3 Å². The molecule has 0 saturated heterocycles. The third-order valence-corrected chi connectivity index (χ3v) is 3.86. The molecule has 0 aliphatic rings. The van der Waals surface area contributed by atoms with Gasteiger partial charge in [0, 0.05) is 11.6 Å². The molecule has 0 fully saturated rings. The van der Waals surface area contributed by atoms with Crippen LogP contribution in [0, 0.1) is 17.5 Å². The van der Waals surface area contributed by atoms with Crippen molar-refractivity contribution >= 4 is 22.5 Å². The summed E-state index contributed by atoms with van der Waals surface area (Å²) in [6.45, 7) is -0.435. The topological polar surface area (TPSA) is 78.2 Å². The van der Waals surface area contributed by atoms with Crippen LogP contribution in [0.15, 0.2) is 41.2 Å². The third-order valence-electron chi connectivity index (χ3n) is 3.86. The Kier molecular flexibility index (Phi) is 3.24. The van der Waals surface area contributed by atoms with Crippen molar-refractivity contribution in [2.75, 3.05) is 5.73 Å². The lowest BCUT2D eigenvalue weighted by Gasteiger charge is -2.03. The molecule has 4 rings (SSSR count). The summed E-state index contributed by atoms with van der Waals surface area (Å²) in [6, 6.07) is 7.07. The van der Waals surface area contributed by atoms with Crippen LogP contribution in [-0.4, -0.2) is 19.2 Å². The van der Waals surface area contributed by atoms with Gasteiger partial charge in [-0.3, -0.25) is 0 Å². The van der Waals surface area contributed by atoms with E-state index in [4.69, 9.17) is 5.73 Å². The van der Waals surface area contributed by atoms with Crippen molar-refractivity contribution in [1.82, 2.24) is 19.2 Å². The Balaban J connectivity index is 1.99. The largest absolute Gasteiger partial charge is 0.381 e. The van der Waals surface area contributed by atoms with Gasteiger partial charge in [0.15, 0.2) is 5.82 Å². The van der Waals surface area contributed by atoms with Crippen molar-refractivity contribution < 1.29 is 13.2 Å². The fraction of sp³-hybridized carbons (Fsp3) is 0.0625. The fourth-order valence-electron chi connectivity index (χ4n) is 2.68. The molecule has 6 nitrogen and oxygen atoms in total. The van der Waals surface area contributed by atoms with Gasteiger partial charge in [-0.15, -0.1) is 5.10 Å². The number of nitrogen functional groups attached to an aromatic ring is 1. The highest BCUT2D eigenvalue weighted by Gasteiger charge is 2.17. The first-order valence-corrected chi connectivity index (χ1v) is 7.23. The van der Waals surface area contributed by atoms with Gasteiger partial charge < -0.3 is 5.73 Å². The van der Waals surface area contributed by atoms with Crippen LogP contribution < -0.4 is 11.4 Å². The van der Waals surface area contributed by atoms with Crippen LogP contribution in [0.3, 0.4) is 0 Å². The molecule has 0 unspecified atom stereocenters. The van der Waals surface area contributed by atoms with Gasteiger partial charge in [0.2, 0.25) is 5.65 Å². The van der Waals surface area contributed by atoms with E-state index >= 15 is 0 Å². The van der Waals surface area contributed by atoms with Crippen LogP contribution >= 0.6 is 0 Å². The van der Waals surface area contributed by atoms with Crippen molar-refractivity contribution in [2.45, 2.75) is 6.54 Å². The number of nitrogens with zero attached hydrogens (tertiary/aromatic N) is 4. The quantitative estimate of drug-likeness (QED) is 0.603. The SMILES string of the molecule is Nc1nc2ccc(F)cc2n2c(=O)n(Cc3c(F)cccc3F)nc12. The van der Waals surface area contributed by atoms with Gasteiger partial charge >= 0.3 is 5.69 Å². The Morgan fingerprint density at radius 2 is 1.80 bits per heavy atom. The number of benzene rings is 2. The Morgan fingerprint density at radius 3 is 2.52 bits per heavy atom. The molecule has 2 aromatic carbocycles. The summed E-state index contributed by atoms with van der Waals surface area (Å²) in [4.78, 5) is 16.7.